The van der Waals surface area contributed by atoms with Crippen LogP contribution in [-0.4, -0.2) is 21.8 Å². The van der Waals surface area contributed by atoms with Crippen LogP contribution >= 0.6 is 0 Å². The van der Waals surface area contributed by atoms with E-state index in [2.05, 4.69) is 13.8 Å². The second kappa shape index (κ2) is 2.98. The highest BCUT2D eigenvalue weighted by atomic mass is 16.4. The van der Waals surface area contributed by atoms with E-state index in [1.807, 2.05) is 0 Å². The van der Waals surface area contributed by atoms with Crippen LogP contribution in [-0.2, 0) is 4.79 Å². The van der Waals surface area contributed by atoms with Gasteiger partial charge in [-0.2, -0.15) is 0 Å². The third kappa shape index (κ3) is 2.02. The van der Waals surface area contributed by atoms with Crippen LogP contribution in [0.2, 0.25) is 0 Å². The van der Waals surface area contributed by atoms with Gasteiger partial charge in [-0.3, -0.25) is 0 Å². The highest BCUT2D eigenvalue weighted by Gasteiger charge is 2.45. The lowest BCUT2D eigenvalue weighted by molar-refractivity contribution is -0.162. The summed E-state index contributed by atoms with van der Waals surface area (Å²) >= 11 is 0. The van der Waals surface area contributed by atoms with E-state index in [1.165, 1.54) is 6.92 Å². The number of carboxylic acid groups (broad SMARTS) is 1. The van der Waals surface area contributed by atoms with Crippen LogP contribution in [0.3, 0.4) is 0 Å². The second-order valence-corrected chi connectivity index (χ2v) is 5.06. The lowest BCUT2D eigenvalue weighted by Crippen LogP contribution is -2.42. The SMILES string of the molecule is CC1(C)CCC(C(C)(O)C(=O)O)C1. The standard InChI is InChI=1S/C10H18O3/c1-9(2)5-4-7(6-9)10(3,13)8(11)12/h7,13H,4-6H2,1-3H3,(H,11,12). The minimum atomic E-state index is -1.55. The quantitative estimate of drug-likeness (QED) is 0.689. The fourth-order valence-corrected chi connectivity index (χ4v) is 2.09. The largest absolute Gasteiger partial charge is 0.479 e. The van der Waals surface area contributed by atoms with Gasteiger partial charge in [0, 0.05) is 0 Å². The van der Waals surface area contributed by atoms with Gasteiger partial charge in [-0.15, -0.1) is 0 Å². The lowest BCUT2D eigenvalue weighted by Gasteiger charge is -2.26. The maximum absolute atomic E-state index is 10.8. The van der Waals surface area contributed by atoms with E-state index in [4.69, 9.17) is 5.11 Å². The fourth-order valence-electron chi connectivity index (χ4n) is 2.09. The predicted octanol–water partition coefficient (Wildman–Crippen LogP) is 1.65. The first-order valence-electron chi connectivity index (χ1n) is 4.71. The first kappa shape index (κ1) is 10.5. The van der Waals surface area contributed by atoms with E-state index in [0.717, 1.165) is 19.3 Å². The molecule has 0 aromatic carbocycles. The van der Waals surface area contributed by atoms with Crippen molar-refractivity contribution in [3.05, 3.63) is 0 Å². The van der Waals surface area contributed by atoms with Crippen LogP contribution in [0.4, 0.5) is 0 Å². The van der Waals surface area contributed by atoms with Gasteiger partial charge in [0.2, 0.25) is 0 Å². The van der Waals surface area contributed by atoms with E-state index in [9.17, 15) is 9.90 Å². The molecule has 0 aliphatic heterocycles. The monoisotopic (exact) mass is 186 g/mol. The molecule has 1 aliphatic carbocycles. The van der Waals surface area contributed by atoms with E-state index < -0.39 is 11.6 Å². The summed E-state index contributed by atoms with van der Waals surface area (Å²) in [5.41, 5.74) is -1.36. The summed E-state index contributed by atoms with van der Waals surface area (Å²) in [5.74, 6) is -1.20. The molecule has 0 bridgehead atoms. The summed E-state index contributed by atoms with van der Waals surface area (Å²) in [4.78, 5) is 10.8. The van der Waals surface area contributed by atoms with Crippen molar-refractivity contribution in [3.8, 4) is 0 Å². The Balaban J connectivity index is 2.71. The summed E-state index contributed by atoms with van der Waals surface area (Å²) in [6, 6.07) is 0. The molecule has 2 atom stereocenters. The van der Waals surface area contributed by atoms with Crippen LogP contribution in [0.15, 0.2) is 0 Å². The third-order valence-corrected chi connectivity index (χ3v) is 3.20. The molecule has 3 nitrogen and oxygen atoms in total. The van der Waals surface area contributed by atoms with E-state index >= 15 is 0 Å². The predicted molar refractivity (Wildman–Crippen MR) is 49.4 cm³/mol. The van der Waals surface area contributed by atoms with Gasteiger partial charge in [0.25, 0.3) is 0 Å². The molecule has 0 aromatic rings. The fraction of sp³-hybridized carbons (Fsp3) is 0.900. The van der Waals surface area contributed by atoms with Crippen molar-refractivity contribution in [2.75, 3.05) is 0 Å². The van der Waals surface area contributed by atoms with Gasteiger partial charge in [0.15, 0.2) is 5.60 Å². The molecule has 3 heteroatoms. The normalized spacial score (nSPS) is 31.2. The van der Waals surface area contributed by atoms with Crippen LogP contribution in [0.25, 0.3) is 0 Å². The Kier molecular flexibility index (Phi) is 2.41. The average Bonchev–Trinajstić information content (AvgIpc) is 2.30. The molecule has 0 saturated heterocycles. The maximum atomic E-state index is 10.8. The molecule has 76 valence electrons. The molecule has 0 amide bonds. The van der Waals surface area contributed by atoms with Crippen molar-refractivity contribution in [3.63, 3.8) is 0 Å². The van der Waals surface area contributed by atoms with E-state index in [-0.39, 0.29) is 11.3 Å². The summed E-state index contributed by atoms with van der Waals surface area (Å²) in [6.07, 6.45) is 2.61. The average molecular weight is 186 g/mol. The molecule has 2 N–H and O–H groups in total. The van der Waals surface area contributed by atoms with Crippen molar-refractivity contribution in [1.82, 2.24) is 0 Å². The zero-order valence-electron chi connectivity index (χ0n) is 8.50. The van der Waals surface area contributed by atoms with Crippen LogP contribution in [0.1, 0.15) is 40.0 Å². The minimum absolute atomic E-state index is 0.0972. The zero-order valence-corrected chi connectivity index (χ0v) is 8.50. The molecule has 1 rings (SSSR count). The second-order valence-electron chi connectivity index (χ2n) is 5.06. The van der Waals surface area contributed by atoms with E-state index in [0.29, 0.717) is 0 Å². The molecular formula is C10H18O3. The Bertz CT molecular complexity index is 218. The summed E-state index contributed by atoms with van der Waals surface area (Å²) in [6.45, 7) is 5.64. The highest BCUT2D eigenvalue weighted by molar-refractivity contribution is 5.77. The van der Waals surface area contributed by atoms with Crippen molar-refractivity contribution in [1.29, 1.82) is 0 Å². The first-order valence-corrected chi connectivity index (χ1v) is 4.71. The molecule has 0 heterocycles. The van der Waals surface area contributed by atoms with Gasteiger partial charge in [-0.1, -0.05) is 13.8 Å². The molecule has 1 saturated carbocycles. The van der Waals surface area contributed by atoms with Crippen LogP contribution in [0.5, 0.6) is 0 Å². The minimum Gasteiger partial charge on any atom is -0.479 e. The first-order chi connectivity index (χ1) is 5.76. The molecule has 13 heavy (non-hydrogen) atoms. The number of aliphatic carboxylic acids is 1. The van der Waals surface area contributed by atoms with Gasteiger partial charge in [0.05, 0.1) is 0 Å². The maximum Gasteiger partial charge on any atom is 0.335 e. The highest BCUT2D eigenvalue weighted by Crippen LogP contribution is 2.45. The number of carbonyl (C=O) groups is 1. The molecule has 0 aromatic heterocycles. The van der Waals surface area contributed by atoms with Gasteiger partial charge >= 0.3 is 5.97 Å². The Morgan fingerprint density at radius 1 is 1.54 bits per heavy atom. The number of carboxylic acids is 1. The van der Waals surface area contributed by atoms with Crippen molar-refractivity contribution < 1.29 is 15.0 Å². The lowest BCUT2D eigenvalue weighted by atomic mass is 9.84. The molecule has 1 aliphatic rings. The Morgan fingerprint density at radius 2 is 2.08 bits per heavy atom. The Morgan fingerprint density at radius 3 is 2.38 bits per heavy atom. The van der Waals surface area contributed by atoms with Gasteiger partial charge in [0.1, 0.15) is 0 Å². The Hall–Kier alpha value is -0.570. The van der Waals surface area contributed by atoms with Gasteiger partial charge < -0.3 is 10.2 Å². The molecule has 1 fully saturated rings. The van der Waals surface area contributed by atoms with E-state index in [1.54, 1.807) is 0 Å². The zero-order chi connectivity index (χ0) is 10.3. The molecule has 0 radical (unpaired) electrons. The van der Waals surface area contributed by atoms with Crippen molar-refractivity contribution in [2.24, 2.45) is 11.3 Å². The number of rotatable bonds is 2. The topological polar surface area (TPSA) is 57.5 Å². The summed E-state index contributed by atoms with van der Waals surface area (Å²) in [5, 5.41) is 18.5. The summed E-state index contributed by atoms with van der Waals surface area (Å²) in [7, 11) is 0. The van der Waals surface area contributed by atoms with Crippen molar-refractivity contribution in [2.45, 2.75) is 45.6 Å². The number of hydrogen-bond acceptors (Lipinski definition) is 2. The number of hydrogen-bond donors (Lipinski definition) is 2. The molecule has 0 spiro atoms. The summed E-state index contributed by atoms with van der Waals surface area (Å²) < 4.78 is 0. The van der Waals surface area contributed by atoms with Crippen molar-refractivity contribution >= 4 is 5.97 Å². The smallest absolute Gasteiger partial charge is 0.335 e. The molecular weight excluding hydrogens is 168 g/mol. The van der Waals surface area contributed by atoms with Gasteiger partial charge in [-0.25, -0.2) is 4.79 Å². The third-order valence-electron chi connectivity index (χ3n) is 3.20. The van der Waals surface area contributed by atoms with Crippen LogP contribution < -0.4 is 0 Å². The van der Waals surface area contributed by atoms with Crippen LogP contribution in [0, 0.1) is 11.3 Å². The van der Waals surface area contributed by atoms with Gasteiger partial charge in [-0.05, 0) is 37.5 Å². The Labute approximate surface area is 78.8 Å². The number of aliphatic hydroxyl groups is 1. The molecule has 2 unspecified atom stereocenters.